The first-order valence-electron chi connectivity index (χ1n) is 8.49. The number of hydrogen-bond donors (Lipinski definition) is 0. The molecule has 4 bridgehead atoms. The van der Waals surface area contributed by atoms with E-state index >= 15 is 0 Å². The molecule has 3 saturated heterocycles. The van der Waals surface area contributed by atoms with Crippen LogP contribution in [0, 0.1) is 17.8 Å². The second-order valence-electron chi connectivity index (χ2n) is 7.11. The number of nitrogens with zero attached hydrogens (tertiary/aromatic N) is 4. The number of hydrogen-bond acceptors (Lipinski definition) is 7. The van der Waals surface area contributed by atoms with Crippen LogP contribution in [0.4, 0.5) is 0 Å². The fraction of sp³-hybridized carbons (Fsp3) is 0.588. The predicted molar refractivity (Wildman–Crippen MR) is 90.3 cm³/mol. The maximum Gasteiger partial charge on any atom is 0.316 e. The van der Waals surface area contributed by atoms with E-state index in [1.54, 1.807) is 30.8 Å². The van der Waals surface area contributed by atoms with Gasteiger partial charge < -0.3 is 14.4 Å². The Labute approximate surface area is 144 Å². The molecular weight excluding hydrogens is 324 g/mol. The van der Waals surface area contributed by atoms with Crippen LogP contribution < -0.4 is 9.47 Å². The van der Waals surface area contributed by atoms with Crippen molar-refractivity contribution in [3.8, 4) is 21.6 Å². The largest absolute Gasteiger partial charge is 0.467 e. The molecule has 0 radical (unpaired) electrons. The van der Waals surface area contributed by atoms with Crippen LogP contribution in [-0.2, 0) is 0 Å². The predicted octanol–water partition coefficient (Wildman–Crippen LogP) is 2.33. The van der Waals surface area contributed by atoms with Gasteiger partial charge in [0.15, 0.2) is 0 Å². The fourth-order valence-electron chi connectivity index (χ4n) is 4.67. The third kappa shape index (κ3) is 2.46. The Morgan fingerprint density at radius 1 is 1.04 bits per heavy atom. The lowest BCUT2D eigenvalue weighted by Gasteiger charge is -2.55. The molecule has 0 aromatic carbocycles. The quantitative estimate of drug-likeness (QED) is 0.848. The van der Waals surface area contributed by atoms with Crippen molar-refractivity contribution < 1.29 is 9.47 Å². The Morgan fingerprint density at radius 2 is 1.79 bits per heavy atom. The summed E-state index contributed by atoms with van der Waals surface area (Å²) in [5, 5.41) is 0.772. The lowest BCUT2D eigenvalue weighted by molar-refractivity contribution is -0.0985. The third-order valence-corrected chi connectivity index (χ3v) is 6.46. The molecule has 24 heavy (non-hydrogen) atoms. The first-order chi connectivity index (χ1) is 11.8. The highest BCUT2D eigenvalue weighted by Gasteiger charge is 2.48. The van der Waals surface area contributed by atoms with E-state index in [0.29, 0.717) is 24.0 Å². The molecule has 4 aliphatic rings. The smallest absolute Gasteiger partial charge is 0.316 e. The fourth-order valence-corrected chi connectivity index (χ4v) is 5.45. The number of piperidine rings is 3. The molecule has 2 unspecified atom stereocenters. The zero-order valence-electron chi connectivity index (χ0n) is 13.6. The van der Waals surface area contributed by atoms with Crippen LogP contribution in [0.15, 0.2) is 18.6 Å². The van der Waals surface area contributed by atoms with Crippen LogP contribution >= 0.6 is 11.3 Å². The monoisotopic (exact) mass is 344 g/mol. The van der Waals surface area contributed by atoms with Gasteiger partial charge in [-0.3, -0.25) is 0 Å². The van der Waals surface area contributed by atoms with Crippen molar-refractivity contribution in [1.29, 1.82) is 0 Å². The number of thiazole rings is 1. The summed E-state index contributed by atoms with van der Waals surface area (Å²) in [6.07, 6.45) is 8.36. The molecule has 0 amide bonds. The van der Waals surface area contributed by atoms with E-state index in [-0.39, 0.29) is 0 Å². The topological polar surface area (TPSA) is 60.4 Å². The Bertz CT molecular complexity index is 704. The molecule has 7 heteroatoms. The van der Waals surface area contributed by atoms with Crippen LogP contribution in [0.5, 0.6) is 11.2 Å². The number of rotatable bonds is 4. The van der Waals surface area contributed by atoms with Crippen molar-refractivity contribution in [3.05, 3.63) is 18.6 Å². The molecule has 1 aliphatic carbocycles. The second-order valence-corrected chi connectivity index (χ2v) is 8.10. The lowest BCUT2D eigenvalue weighted by atomic mass is 9.66. The van der Waals surface area contributed by atoms with Crippen LogP contribution in [0.2, 0.25) is 0 Å². The average Bonchev–Trinajstić information content (AvgIpc) is 3.06. The lowest BCUT2D eigenvalue weighted by Crippen LogP contribution is -2.61. The molecule has 0 spiro atoms. The molecule has 2 atom stereocenters. The van der Waals surface area contributed by atoms with Crippen molar-refractivity contribution >= 4 is 11.3 Å². The second kappa shape index (κ2) is 5.67. The van der Waals surface area contributed by atoms with E-state index < -0.39 is 0 Å². The summed E-state index contributed by atoms with van der Waals surface area (Å²) in [6, 6.07) is 0.378. The van der Waals surface area contributed by atoms with Crippen molar-refractivity contribution in [2.75, 3.05) is 26.7 Å². The molecule has 5 heterocycles. The number of ether oxygens (including phenoxy) is 2. The summed E-state index contributed by atoms with van der Waals surface area (Å²) in [7, 11) is 1.56. The van der Waals surface area contributed by atoms with Gasteiger partial charge in [0.05, 0.1) is 12.0 Å². The van der Waals surface area contributed by atoms with Gasteiger partial charge in [-0.05, 0) is 18.8 Å². The third-order valence-electron chi connectivity index (χ3n) is 5.52. The SMILES string of the molecule is COc1ncc(-c2cnc(OC3C4CC5CC3CN(C5)C4)s2)cn1. The van der Waals surface area contributed by atoms with Gasteiger partial charge >= 0.3 is 6.01 Å². The Hall–Kier alpha value is -1.73. The normalized spacial score (nSPS) is 33.6. The van der Waals surface area contributed by atoms with E-state index in [2.05, 4.69) is 19.9 Å². The van der Waals surface area contributed by atoms with Gasteiger partial charge in [-0.2, -0.15) is 0 Å². The van der Waals surface area contributed by atoms with Gasteiger partial charge in [-0.1, -0.05) is 11.3 Å². The average molecular weight is 344 g/mol. The summed E-state index contributed by atoms with van der Waals surface area (Å²) in [5.41, 5.74) is 0.944. The van der Waals surface area contributed by atoms with Gasteiger partial charge in [-0.15, -0.1) is 0 Å². The van der Waals surface area contributed by atoms with Gasteiger partial charge in [0.2, 0.25) is 0 Å². The van der Waals surface area contributed by atoms with Crippen LogP contribution in [0.3, 0.4) is 0 Å². The number of methoxy groups -OCH3 is 1. The minimum atomic E-state index is 0.337. The van der Waals surface area contributed by atoms with Gasteiger partial charge in [0.25, 0.3) is 5.19 Å². The van der Waals surface area contributed by atoms with Gasteiger partial charge in [-0.25, -0.2) is 15.0 Å². The maximum atomic E-state index is 6.35. The van der Waals surface area contributed by atoms with Gasteiger partial charge in [0, 0.05) is 55.6 Å². The molecule has 3 aliphatic heterocycles. The van der Waals surface area contributed by atoms with E-state index in [0.717, 1.165) is 21.6 Å². The van der Waals surface area contributed by atoms with Crippen molar-refractivity contribution in [3.63, 3.8) is 0 Å². The highest BCUT2D eigenvalue weighted by Crippen LogP contribution is 2.45. The first-order valence-corrected chi connectivity index (χ1v) is 9.31. The zero-order valence-corrected chi connectivity index (χ0v) is 14.4. The molecule has 1 saturated carbocycles. The van der Waals surface area contributed by atoms with Crippen molar-refractivity contribution in [2.45, 2.75) is 18.9 Å². The molecular formula is C17H20N4O2S. The maximum absolute atomic E-state index is 6.35. The molecule has 6 rings (SSSR count). The summed E-state index contributed by atoms with van der Waals surface area (Å²) >= 11 is 1.58. The molecule has 0 N–H and O–H groups in total. The minimum absolute atomic E-state index is 0.337. The summed E-state index contributed by atoms with van der Waals surface area (Å²) in [4.78, 5) is 16.4. The van der Waals surface area contributed by atoms with E-state index in [4.69, 9.17) is 9.47 Å². The Balaban J connectivity index is 1.32. The van der Waals surface area contributed by atoms with Crippen LogP contribution in [0.25, 0.3) is 10.4 Å². The van der Waals surface area contributed by atoms with Crippen molar-refractivity contribution in [2.24, 2.45) is 17.8 Å². The molecule has 6 nitrogen and oxygen atoms in total. The van der Waals surface area contributed by atoms with E-state index in [9.17, 15) is 0 Å². The van der Waals surface area contributed by atoms with E-state index in [1.165, 1.54) is 32.5 Å². The highest BCUT2D eigenvalue weighted by atomic mass is 32.1. The Morgan fingerprint density at radius 3 is 2.46 bits per heavy atom. The zero-order chi connectivity index (χ0) is 16.1. The Kier molecular flexibility index (Phi) is 3.45. The van der Waals surface area contributed by atoms with Crippen molar-refractivity contribution in [1.82, 2.24) is 19.9 Å². The summed E-state index contributed by atoms with van der Waals surface area (Å²) in [5.74, 6) is 2.24. The standard InChI is InChI=1S/C17H20N4O2S/c1-22-16-18-4-13(5-19-16)14-6-20-17(24-14)23-15-11-2-10-3-12(15)9-21(7-10)8-11/h4-6,10-12,15H,2-3,7-9H2,1H3. The molecule has 126 valence electrons. The van der Waals surface area contributed by atoms with Crippen LogP contribution in [0.1, 0.15) is 12.8 Å². The van der Waals surface area contributed by atoms with Gasteiger partial charge in [0.1, 0.15) is 6.10 Å². The molecule has 2 aromatic rings. The summed E-state index contributed by atoms with van der Waals surface area (Å²) < 4.78 is 11.4. The highest BCUT2D eigenvalue weighted by molar-refractivity contribution is 7.16. The number of aromatic nitrogens is 3. The molecule has 2 aromatic heterocycles. The van der Waals surface area contributed by atoms with E-state index in [1.807, 2.05) is 6.20 Å². The summed E-state index contributed by atoms with van der Waals surface area (Å²) in [6.45, 7) is 3.70. The minimum Gasteiger partial charge on any atom is -0.467 e. The molecule has 4 fully saturated rings. The first kappa shape index (κ1) is 14.6. The van der Waals surface area contributed by atoms with Crippen LogP contribution in [-0.4, -0.2) is 52.7 Å².